The molecule has 144 valence electrons. The predicted octanol–water partition coefficient (Wildman–Crippen LogP) is 3.56. The van der Waals surface area contributed by atoms with Crippen molar-refractivity contribution in [3.63, 3.8) is 0 Å². The van der Waals surface area contributed by atoms with Gasteiger partial charge in [0.05, 0.1) is 12.2 Å². The van der Waals surface area contributed by atoms with Crippen molar-refractivity contribution in [1.82, 2.24) is 20.1 Å². The van der Waals surface area contributed by atoms with E-state index >= 15 is 0 Å². The number of aryl methyl sites for hydroxylation is 1. The molecule has 1 unspecified atom stereocenters. The predicted molar refractivity (Wildman–Crippen MR) is 107 cm³/mol. The number of anilines is 1. The van der Waals surface area contributed by atoms with Crippen molar-refractivity contribution in [3.05, 3.63) is 66.2 Å². The van der Waals surface area contributed by atoms with Crippen LogP contribution in [0.3, 0.4) is 0 Å². The molecule has 0 saturated carbocycles. The fourth-order valence-electron chi connectivity index (χ4n) is 3.29. The van der Waals surface area contributed by atoms with Crippen LogP contribution in [0.25, 0.3) is 0 Å². The summed E-state index contributed by atoms with van der Waals surface area (Å²) >= 11 is 0. The van der Waals surface area contributed by atoms with Crippen LogP contribution in [0, 0.1) is 6.92 Å². The quantitative estimate of drug-likeness (QED) is 0.711. The normalized spacial score (nSPS) is 16.5. The number of aromatic nitrogens is 3. The maximum absolute atomic E-state index is 12.6. The zero-order valence-corrected chi connectivity index (χ0v) is 15.8. The van der Waals surface area contributed by atoms with Crippen LogP contribution in [-0.2, 0) is 0 Å². The van der Waals surface area contributed by atoms with E-state index in [9.17, 15) is 4.79 Å². The second-order valence-corrected chi connectivity index (χ2v) is 6.91. The van der Waals surface area contributed by atoms with Crippen LogP contribution in [0.5, 0.6) is 11.5 Å². The molecular formula is C21H23N5O2. The van der Waals surface area contributed by atoms with E-state index in [4.69, 9.17) is 4.74 Å². The molecule has 1 aliphatic rings. The van der Waals surface area contributed by atoms with Gasteiger partial charge in [0.1, 0.15) is 11.5 Å². The molecule has 7 heteroatoms. The maximum Gasteiger partial charge on any atom is 0.276 e. The lowest BCUT2D eigenvalue weighted by Crippen LogP contribution is -2.32. The summed E-state index contributed by atoms with van der Waals surface area (Å²) < 4.78 is 7.71. The Morgan fingerprint density at radius 2 is 2.25 bits per heavy atom. The molecule has 1 aromatic carbocycles. The maximum atomic E-state index is 12.6. The molecule has 1 atom stereocenters. The minimum atomic E-state index is -0.220. The second-order valence-electron chi connectivity index (χ2n) is 6.91. The number of carbonyl (C=O) groups excluding carboxylic acids is 1. The lowest BCUT2D eigenvalue weighted by Gasteiger charge is -2.22. The first kappa shape index (κ1) is 18.2. The molecule has 1 saturated heterocycles. The minimum Gasteiger partial charge on any atom is -0.455 e. The van der Waals surface area contributed by atoms with Crippen LogP contribution in [-0.4, -0.2) is 33.8 Å². The molecule has 3 aromatic rings. The van der Waals surface area contributed by atoms with E-state index in [-0.39, 0.29) is 5.91 Å². The van der Waals surface area contributed by atoms with Gasteiger partial charge in [0.2, 0.25) is 0 Å². The third kappa shape index (κ3) is 4.20. The number of nitrogens with zero attached hydrogens (tertiary/aromatic N) is 3. The summed E-state index contributed by atoms with van der Waals surface area (Å²) in [6.07, 6.45) is 7.44. The van der Waals surface area contributed by atoms with E-state index in [1.54, 1.807) is 18.5 Å². The van der Waals surface area contributed by atoms with Gasteiger partial charge in [-0.2, -0.15) is 5.10 Å². The van der Waals surface area contributed by atoms with E-state index < -0.39 is 0 Å². The molecule has 28 heavy (non-hydrogen) atoms. The Kier molecular flexibility index (Phi) is 5.34. The number of hydrogen-bond acceptors (Lipinski definition) is 5. The van der Waals surface area contributed by atoms with Crippen molar-refractivity contribution in [2.45, 2.75) is 25.8 Å². The first-order chi connectivity index (χ1) is 13.7. The van der Waals surface area contributed by atoms with Crippen LogP contribution in [0.2, 0.25) is 0 Å². The van der Waals surface area contributed by atoms with Crippen molar-refractivity contribution >= 4 is 11.6 Å². The average molecular weight is 377 g/mol. The van der Waals surface area contributed by atoms with Crippen molar-refractivity contribution in [2.75, 3.05) is 18.4 Å². The Balaban J connectivity index is 1.42. The number of amides is 1. The highest BCUT2D eigenvalue weighted by atomic mass is 16.5. The molecule has 1 aliphatic heterocycles. The molecule has 1 fully saturated rings. The van der Waals surface area contributed by atoms with Gasteiger partial charge in [0.15, 0.2) is 5.69 Å². The van der Waals surface area contributed by atoms with Gasteiger partial charge in [-0.15, -0.1) is 0 Å². The Labute approximate surface area is 163 Å². The Bertz CT molecular complexity index is 948. The summed E-state index contributed by atoms with van der Waals surface area (Å²) in [4.78, 5) is 16.6. The second kappa shape index (κ2) is 8.22. The summed E-state index contributed by atoms with van der Waals surface area (Å²) in [6, 6.07) is 11.3. The van der Waals surface area contributed by atoms with Gasteiger partial charge in [-0.3, -0.25) is 14.5 Å². The summed E-state index contributed by atoms with van der Waals surface area (Å²) in [7, 11) is 0. The van der Waals surface area contributed by atoms with Crippen LogP contribution in [0.1, 0.15) is 34.9 Å². The van der Waals surface area contributed by atoms with Gasteiger partial charge in [-0.25, -0.2) is 0 Å². The first-order valence-corrected chi connectivity index (χ1v) is 9.45. The van der Waals surface area contributed by atoms with Crippen molar-refractivity contribution in [3.8, 4) is 11.5 Å². The molecule has 7 nitrogen and oxygen atoms in total. The fourth-order valence-corrected chi connectivity index (χ4v) is 3.29. The first-order valence-electron chi connectivity index (χ1n) is 9.45. The van der Waals surface area contributed by atoms with Crippen molar-refractivity contribution in [2.24, 2.45) is 0 Å². The van der Waals surface area contributed by atoms with E-state index in [0.29, 0.717) is 23.2 Å². The van der Waals surface area contributed by atoms with Gasteiger partial charge in [0.25, 0.3) is 5.91 Å². The van der Waals surface area contributed by atoms with Crippen LogP contribution >= 0.6 is 0 Å². The van der Waals surface area contributed by atoms with Crippen LogP contribution in [0.4, 0.5) is 5.69 Å². The molecule has 3 heterocycles. The van der Waals surface area contributed by atoms with E-state index in [1.807, 2.05) is 48.1 Å². The van der Waals surface area contributed by atoms with Gasteiger partial charge in [-0.1, -0.05) is 0 Å². The van der Waals surface area contributed by atoms with Crippen molar-refractivity contribution < 1.29 is 9.53 Å². The number of pyridine rings is 1. The van der Waals surface area contributed by atoms with Crippen LogP contribution in [0.15, 0.2) is 55.0 Å². The highest BCUT2D eigenvalue weighted by Crippen LogP contribution is 2.27. The van der Waals surface area contributed by atoms with E-state index in [1.165, 1.54) is 0 Å². The molecule has 2 N–H and O–H groups in total. The number of nitrogens with one attached hydrogen (secondary N) is 2. The minimum absolute atomic E-state index is 0.220. The lowest BCUT2D eigenvalue weighted by atomic mass is 10.1. The van der Waals surface area contributed by atoms with Gasteiger partial charge < -0.3 is 15.4 Å². The summed E-state index contributed by atoms with van der Waals surface area (Å²) in [5.41, 5.74) is 2.04. The monoisotopic (exact) mass is 377 g/mol. The number of rotatable bonds is 5. The Hall–Kier alpha value is -3.19. The van der Waals surface area contributed by atoms with E-state index in [2.05, 4.69) is 20.7 Å². The highest BCUT2D eigenvalue weighted by molar-refractivity contribution is 6.02. The largest absolute Gasteiger partial charge is 0.455 e. The number of piperidine rings is 1. The van der Waals surface area contributed by atoms with Gasteiger partial charge in [-0.05, 0) is 68.3 Å². The third-order valence-electron chi connectivity index (χ3n) is 4.78. The number of hydrogen-bond donors (Lipinski definition) is 2. The molecule has 4 rings (SSSR count). The average Bonchev–Trinajstić information content (AvgIpc) is 3.22. The molecular weight excluding hydrogens is 354 g/mol. The Morgan fingerprint density at radius 1 is 1.32 bits per heavy atom. The molecule has 0 aliphatic carbocycles. The topological polar surface area (TPSA) is 81.1 Å². The third-order valence-corrected chi connectivity index (χ3v) is 4.78. The lowest BCUT2D eigenvalue weighted by molar-refractivity contribution is 0.102. The van der Waals surface area contributed by atoms with Crippen LogP contribution < -0.4 is 15.4 Å². The molecule has 2 aromatic heterocycles. The number of benzene rings is 1. The van der Waals surface area contributed by atoms with Gasteiger partial charge in [0, 0.05) is 24.6 Å². The smallest absolute Gasteiger partial charge is 0.276 e. The SMILES string of the molecule is Cc1cc(NC(=O)c2ccn(C3CCCNC3)n2)ccc1Oc1cccnc1. The molecule has 0 radical (unpaired) electrons. The summed E-state index contributed by atoms with van der Waals surface area (Å²) in [5.74, 6) is 1.17. The zero-order valence-electron chi connectivity index (χ0n) is 15.8. The zero-order chi connectivity index (χ0) is 19.3. The summed E-state index contributed by atoms with van der Waals surface area (Å²) in [5, 5.41) is 10.7. The highest BCUT2D eigenvalue weighted by Gasteiger charge is 2.18. The van der Waals surface area contributed by atoms with E-state index in [0.717, 1.165) is 37.2 Å². The standard InChI is InChI=1S/C21H23N5O2/c1-15-12-16(6-7-20(15)28-18-5-3-10-23-14-18)24-21(27)19-8-11-26(25-19)17-4-2-9-22-13-17/h3,5-8,10-12,14,17,22H,2,4,9,13H2,1H3,(H,24,27). The van der Waals surface area contributed by atoms with Gasteiger partial charge >= 0.3 is 0 Å². The number of ether oxygens (including phenoxy) is 1. The molecule has 0 spiro atoms. The van der Waals surface area contributed by atoms with Crippen molar-refractivity contribution in [1.29, 1.82) is 0 Å². The number of carbonyl (C=O) groups is 1. The Morgan fingerprint density at radius 3 is 3.00 bits per heavy atom. The fraction of sp³-hybridized carbons (Fsp3) is 0.286. The molecule has 1 amide bonds. The molecule has 0 bridgehead atoms. The summed E-state index contributed by atoms with van der Waals surface area (Å²) in [6.45, 7) is 3.87.